The smallest absolute Gasteiger partial charge is 0.246 e. The van der Waals surface area contributed by atoms with E-state index in [1.807, 2.05) is 0 Å². The Morgan fingerprint density at radius 3 is 2.67 bits per heavy atom. The van der Waals surface area contributed by atoms with Crippen molar-refractivity contribution in [3.05, 3.63) is 53.7 Å². The first-order valence-corrected chi connectivity index (χ1v) is 11.9. The molecule has 33 heavy (non-hydrogen) atoms. The van der Waals surface area contributed by atoms with Gasteiger partial charge in [0.2, 0.25) is 15.9 Å². The SMILES string of the molecule is Cc1nn(CC(=O)Nc2ccc3c(c2)OCCCO3)c(C)c1S(=O)(=O)N(C)Cc1ccco1. The average molecular weight is 475 g/mol. The second-order valence-corrected chi connectivity index (χ2v) is 9.74. The molecule has 1 N–H and O–H groups in total. The van der Waals surface area contributed by atoms with Crippen molar-refractivity contribution >= 4 is 21.6 Å². The Morgan fingerprint density at radius 1 is 1.18 bits per heavy atom. The number of furan rings is 1. The van der Waals surface area contributed by atoms with Crippen molar-refractivity contribution in [3.63, 3.8) is 0 Å². The molecule has 0 radical (unpaired) electrons. The molecule has 0 saturated heterocycles. The Hall–Kier alpha value is -3.31. The van der Waals surface area contributed by atoms with E-state index in [0.717, 1.165) is 6.42 Å². The molecule has 1 aliphatic rings. The maximum atomic E-state index is 13.2. The molecule has 2 aromatic heterocycles. The monoisotopic (exact) mass is 474 g/mol. The van der Waals surface area contributed by atoms with E-state index >= 15 is 0 Å². The summed E-state index contributed by atoms with van der Waals surface area (Å²) in [5.41, 5.74) is 1.26. The van der Waals surface area contributed by atoms with Gasteiger partial charge in [0, 0.05) is 25.2 Å². The number of rotatable bonds is 7. The van der Waals surface area contributed by atoms with E-state index in [2.05, 4.69) is 10.4 Å². The molecule has 11 heteroatoms. The second-order valence-electron chi connectivity index (χ2n) is 7.76. The molecule has 3 heterocycles. The summed E-state index contributed by atoms with van der Waals surface area (Å²) in [6.07, 6.45) is 2.28. The minimum absolute atomic E-state index is 0.0833. The van der Waals surface area contributed by atoms with Gasteiger partial charge in [-0.05, 0) is 38.1 Å². The van der Waals surface area contributed by atoms with Crippen LogP contribution in [0.15, 0.2) is 45.9 Å². The third kappa shape index (κ3) is 4.88. The van der Waals surface area contributed by atoms with Gasteiger partial charge in [0.15, 0.2) is 11.5 Å². The van der Waals surface area contributed by atoms with E-state index in [0.29, 0.717) is 47.5 Å². The number of nitrogens with one attached hydrogen (secondary N) is 1. The lowest BCUT2D eigenvalue weighted by molar-refractivity contribution is -0.116. The number of sulfonamides is 1. The largest absolute Gasteiger partial charge is 0.490 e. The number of nitrogens with zero attached hydrogens (tertiary/aromatic N) is 3. The Bertz CT molecular complexity index is 1250. The lowest BCUT2D eigenvalue weighted by Crippen LogP contribution is -2.27. The van der Waals surface area contributed by atoms with Gasteiger partial charge < -0.3 is 19.2 Å². The topological polar surface area (TPSA) is 116 Å². The molecule has 0 aliphatic carbocycles. The van der Waals surface area contributed by atoms with E-state index in [1.165, 1.54) is 22.3 Å². The van der Waals surface area contributed by atoms with E-state index in [-0.39, 0.29) is 23.9 Å². The maximum absolute atomic E-state index is 13.2. The number of ether oxygens (including phenoxy) is 2. The Kier molecular flexibility index (Phi) is 6.43. The van der Waals surface area contributed by atoms with Crippen LogP contribution >= 0.6 is 0 Å². The first-order valence-electron chi connectivity index (χ1n) is 10.5. The summed E-state index contributed by atoms with van der Waals surface area (Å²) in [7, 11) is -2.36. The Balaban J connectivity index is 1.49. The number of hydrogen-bond acceptors (Lipinski definition) is 7. The van der Waals surface area contributed by atoms with Gasteiger partial charge >= 0.3 is 0 Å². The molecule has 0 bridgehead atoms. The van der Waals surface area contributed by atoms with Gasteiger partial charge in [-0.25, -0.2) is 8.42 Å². The van der Waals surface area contributed by atoms with Crippen molar-refractivity contribution in [1.82, 2.24) is 14.1 Å². The molecule has 0 spiro atoms. The number of aryl methyl sites for hydroxylation is 1. The predicted molar refractivity (Wildman–Crippen MR) is 120 cm³/mol. The lowest BCUT2D eigenvalue weighted by Gasteiger charge is -2.16. The van der Waals surface area contributed by atoms with Crippen LogP contribution in [0.5, 0.6) is 11.5 Å². The maximum Gasteiger partial charge on any atom is 0.246 e. The first kappa shape index (κ1) is 22.9. The van der Waals surface area contributed by atoms with Gasteiger partial charge in [-0.1, -0.05) is 0 Å². The molecule has 176 valence electrons. The van der Waals surface area contributed by atoms with Gasteiger partial charge in [-0.15, -0.1) is 0 Å². The summed E-state index contributed by atoms with van der Waals surface area (Å²) >= 11 is 0. The number of benzene rings is 1. The van der Waals surface area contributed by atoms with E-state index < -0.39 is 10.0 Å². The van der Waals surface area contributed by atoms with Gasteiger partial charge in [0.25, 0.3) is 0 Å². The highest BCUT2D eigenvalue weighted by Gasteiger charge is 2.29. The Morgan fingerprint density at radius 2 is 1.94 bits per heavy atom. The van der Waals surface area contributed by atoms with Crippen LogP contribution in [0.2, 0.25) is 0 Å². The minimum atomic E-state index is -3.84. The standard InChI is InChI=1S/C22H26N4O6S/c1-15-22(33(28,29)25(3)13-18-6-4-9-30-18)16(2)26(24-15)14-21(27)23-17-7-8-19-20(12-17)32-11-5-10-31-19/h4,6-9,12H,5,10-11,13-14H2,1-3H3,(H,23,27). The fraction of sp³-hybridized carbons (Fsp3) is 0.364. The highest BCUT2D eigenvalue weighted by atomic mass is 32.2. The third-order valence-electron chi connectivity index (χ3n) is 5.27. The predicted octanol–water partition coefficient (Wildman–Crippen LogP) is 2.71. The summed E-state index contributed by atoms with van der Waals surface area (Å²) in [6.45, 7) is 4.32. The Labute approximate surface area is 192 Å². The van der Waals surface area contributed by atoms with E-state index in [9.17, 15) is 13.2 Å². The molecule has 1 amide bonds. The van der Waals surface area contributed by atoms with Gasteiger partial charge in [0.1, 0.15) is 17.2 Å². The number of aromatic nitrogens is 2. The molecule has 1 aliphatic heterocycles. The van der Waals surface area contributed by atoms with Crippen molar-refractivity contribution < 1.29 is 27.1 Å². The van der Waals surface area contributed by atoms with Crippen LogP contribution in [0.3, 0.4) is 0 Å². The zero-order valence-electron chi connectivity index (χ0n) is 18.7. The quantitative estimate of drug-likeness (QED) is 0.560. The number of carbonyl (C=O) groups excluding carboxylic acids is 1. The number of amides is 1. The average Bonchev–Trinajstić information content (AvgIpc) is 3.28. The van der Waals surface area contributed by atoms with Crippen LogP contribution in [-0.2, 0) is 27.9 Å². The summed E-state index contributed by atoms with van der Waals surface area (Å²) in [5.74, 6) is 1.39. The number of hydrogen-bond donors (Lipinski definition) is 1. The molecule has 0 fully saturated rings. The summed E-state index contributed by atoms with van der Waals surface area (Å²) < 4.78 is 45.4. The van der Waals surface area contributed by atoms with Gasteiger partial charge in [-0.3, -0.25) is 9.48 Å². The van der Waals surface area contributed by atoms with Crippen molar-refractivity contribution in [3.8, 4) is 11.5 Å². The van der Waals surface area contributed by atoms with Crippen molar-refractivity contribution in [2.45, 2.75) is 38.3 Å². The molecule has 0 unspecified atom stereocenters. The van der Waals surface area contributed by atoms with Crippen LogP contribution in [0.4, 0.5) is 5.69 Å². The number of anilines is 1. The molecule has 3 aromatic rings. The zero-order valence-corrected chi connectivity index (χ0v) is 19.5. The van der Waals surface area contributed by atoms with Crippen LogP contribution in [0.25, 0.3) is 0 Å². The van der Waals surface area contributed by atoms with Crippen molar-refractivity contribution in [2.24, 2.45) is 0 Å². The summed E-state index contributed by atoms with van der Waals surface area (Å²) in [5, 5.41) is 7.10. The highest BCUT2D eigenvalue weighted by molar-refractivity contribution is 7.89. The van der Waals surface area contributed by atoms with E-state index in [1.54, 1.807) is 44.2 Å². The number of carbonyl (C=O) groups is 1. The minimum Gasteiger partial charge on any atom is -0.490 e. The normalized spacial score (nSPS) is 13.7. The summed E-state index contributed by atoms with van der Waals surface area (Å²) in [4.78, 5) is 12.8. The van der Waals surface area contributed by atoms with Crippen molar-refractivity contribution in [2.75, 3.05) is 25.6 Å². The molecule has 0 saturated carbocycles. The fourth-order valence-corrected chi connectivity index (χ4v) is 5.15. The van der Waals surface area contributed by atoms with Crippen LogP contribution in [-0.4, -0.2) is 48.7 Å². The second kappa shape index (κ2) is 9.28. The molecular formula is C22H26N4O6S. The first-order chi connectivity index (χ1) is 15.8. The third-order valence-corrected chi connectivity index (χ3v) is 7.32. The molecule has 0 atom stereocenters. The molecule has 10 nitrogen and oxygen atoms in total. The van der Waals surface area contributed by atoms with Crippen molar-refractivity contribution in [1.29, 1.82) is 0 Å². The number of fused-ring (bicyclic) bond motifs is 1. The molecule has 1 aromatic carbocycles. The van der Waals surface area contributed by atoms with Crippen LogP contribution in [0, 0.1) is 13.8 Å². The fourth-order valence-electron chi connectivity index (χ4n) is 3.65. The molecule has 4 rings (SSSR count). The van der Waals surface area contributed by atoms with Crippen LogP contribution in [0.1, 0.15) is 23.6 Å². The molecular weight excluding hydrogens is 448 g/mol. The highest BCUT2D eigenvalue weighted by Crippen LogP contribution is 2.32. The van der Waals surface area contributed by atoms with Gasteiger partial charge in [-0.2, -0.15) is 9.40 Å². The van der Waals surface area contributed by atoms with Crippen LogP contribution < -0.4 is 14.8 Å². The zero-order chi connectivity index (χ0) is 23.6. The van der Waals surface area contributed by atoms with Gasteiger partial charge in [0.05, 0.1) is 37.4 Å². The lowest BCUT2D eigenvalue weighted by atomic mass is 10.2. The summed E-state index contributed by atoms with van der Waals surface area (Å²) in [6, 6.07) is 8.59. The van der Waals surface area contributed by atoms with E-state index in [4.69, 9.17) is 13.9 Å².